The van der Waals surface area contributed by atoms with Gasteiger partial charge in [0.15, 0.2) is 5.96 Å². The number of carbonyl (C=O) groups is 2. The normalized spacial score (nSPS) is 14.2. The van der Waals surface area contributed by atoms with E-state index in [4.69, 9.17) is 11.5 Å². The number of aliphatic carboxylic acids is 1. The van der Waals surface area contributed by atoms with Crippen LogP contribution in [-0.2, 0) is 16.0 Å². The SMILES string of the molecule is CNC[C@@H](CCC[C@H](CCCCC[C@@H](C)C=O)Cc1ccc(O)cc1)/C(=C/C(=O)O)CN=C(N)N. The number of hydrogen-bond acceptors (Lipinski definition) is 5. The largest absolute Gasteiger partial charge is 0.508 e. The molecule has 0 bridgehead atoms. The lowest BCUT2D eigenvalue weighted by Crippen LogP contribution is -2.26. The monoisotopic (exact) mass is 488 g/mol. The molecule has 1 rings (SSSR count). The number of hydrogen-bond donors (Lipinski definition) is 5. The number of rotatable bonds is 19. The molecule has 0 radical (unpaired) electrons. The fourth-order valence-corrected chi connectivity index (χ4v) is 4.41. The molecule has 0 fully saturated rings. The van der Waals surface area contributed by atoms with E-state index in [0.29, 0.717) is 18.0 Å². The number of carboxylic acids is 1. The molecular weight excluding hydrogens is 444 g/mol. The lowest BCUT2D eigenvalue weighted by atomic mass is 9.86. The van der Waals surface area contributed by atoms with Gasteiger partial charge in [-0.1, -0.05) is 57.6 Å². The summed E-state index contributed by atoms with van der Waals surface area (Å²) in [4.78, 5) is 26.2. The second-order valence-electron chi connectivity index (χ2n) is 9.47. The van der Waals surface area contributed by atoms with E-state index in [2.05, 4.69) is 10.3 Å². The van der Waals surface area contributed by atoms with E-state index in [-0.39, 0.29) is 30.1 Å². The number of nitrogens with two attached hydrogens (primary N) is 2. The molecule has 0 saturated heterocycles. The number of nitrogens with zero attached hydrogens (tertiary/aromatic N) is 1. The number of carboxylic acid groups (broad SMARTS) is 1. The number of aldehydes is 1. The molecule has 8 nitrogen and oxygen atoms in total. The molecule has 0 aromatic heterocycles. The predicted molar refractivity (Wildman–Crippen MR) is 141 cm³/mol. The molecular formula is C27H44N4O4. The Labute approximate surface area is 209 Å². The first-order valence-corrected chi connectivity index (χ1v) is 12.6. The van der Waals surface area contributed by atoms with Crippen molar-refractivity contribution in [2.45, 2.75) is 64.7 Å². The van der Waals surface area contributed by atoms with Gasteiger partial charge in [0, 0.05) is 18.5 Å². The first kappa shape index (κ1) is 30.2. The third kappa shape index (κ3) is 14.2. The van der Waals surface area contributed by atoms with Crippen LogP contribution >= 0.6 is 0 Å². The zero-order valence-corrected chi connectivity index (χ0v) is 21.3. The van der Waals surface area contributed by atoms with Gasteiger partial charge in [0.2, 0.25) is 0 Å². The van der Waals surface area contributed by atoms with Crippen LogP contribution < -0.4 is 16.8 Å². The minimum atomic E-state index is -0.999. The highest BCUT2D eigenvalue weighted by Crippen LogP contribution is 2.26. The number of carbonyl (C=O) groups excluding carboxylic acids is 1. The van der Waals surface area contributed by atoms with Crippen LogP contribution in [-0.4, -0.2) is 48.6 Å². The molecule has 1 aromatic carbocycles. The average molecular weight is 489 g/mol. The fraction of sp³-hybridized carbons (Fsp3) is 0.593. The average Bonchev–Trinajstić information content (AvgIpc) is 2.81. The third-order valence-electron chi connectivity index (χ3n) is 6.36. The molecule has 1 aromatic rings. The second-order valence-corrected chi connectivity index (χ2v) is 9.47. The van der Waals surface area contributed by atoms with Gasteiger partial charge in [-0.15, -0.1) is 0 Å². The van der Waals surface area contributed by atoms with Gasteiger partial charge in [0.1, 0.15) is 12.0 Å². The van der Waals surface area contributed by atoms with Gasteiger partial charge in [0.25, 0.3) is 0 Å². The molecule has 0 spiro atoms. The van der Waals surface area contributed by atoms with Crippen LogP contribution in [0.15, 0.2) is 40.9 Å². The number of aromatic hydroxyl groups is 1. The molecule has 0 amide bonds. The lowest BCUT2D eigenvalue weighted by molar-refractivity contribution is -0.131. The van der Waals surface area contributed by atoms with Crippen molar-refractivity contribution in [1.29, 1.82) is 0 Å². The summed E-state index contributed by atoms with van der Waals surface area (Å²) >= 11 is 0. The Morgan fingerprint density at radius 1 is 1.06 bits per heavy atom. The van der Waals surface area contributed by atoms with Gasteiger partial charge in [-0.3, -0.25) is 0 Å². The summed E-state index contributed by atoms with van der Waals surface area (Å²) in [5, 5.41) is 22.1. The minimum absolute atomic E-state index is 0.0263. The quantitative estimate of drug-likeness (QED) is 0.0655. The van der Waals surface area contributed by atoms with E-state index in [0.717, 1.165) is 64.1 Å². The van der Waals surface area contributed by atoms with Crippen molar-refractivity contribution >= 4 is 18.2 Å². The summed E-state index contributed by atoms with van der Waals surface area (Å²) in [6.45, 7) is 2.79. The van der Waals surface area contributed by atoms with Crippen LogP contribution in [0.2, 0.25) is 0 Å². The van der Waals surface area contributed by atoms with Gasteiger partial charge >= 0.3 is 5.97 Å². The Morgan fingerprint density at radius 2 is 1.71 bits per heavy atom. The van der Waals surface area contributed by atoms with Crippen LogP contribution in [0.4, 0.5) is 0 Å². The topological polar surface area (TPSA) is 151 Å². The van der Waals surface area contributed by atoms with Gasteiger partial charge in [-0.25, -0.2) is 9.79 Å². The molecule has 0 aliphatic rings. The maximum atomic E-state index is 11.4. The number of aliphatic imine (C=N–C) groups is 1. The van der Waals surface area contributed by atoms with E-state index in [1.54, 1.807) is 12.1 Å². The van der Waals surface area contributed by atoms with Crippen LogP contribution in [0, 0.1) is 17.8 Å². The van der Waals surface area contributed by atoms with Crippen molar-refractivity contribution < 1.29 is 19.8 Å². The van der Waals surface area contributed by atoms with Crippen LogP contribution in [0.5, 0.6) is 5.75 Å². The van der Waals surface area contributed by atoms with Crippen LogP contribution in [0.1, 0.15) is 63.9 Å². The summed E-state index contributed by atoms with van der Waals surface area (Å²) in [7, 11) is 1.85. The minimum Gasteiger partial charge on any atom is -0.508 e. The molecule has 7 N–H and O–H groups in total. The van der Waals surface area contributed by atoms with Crippen LogP contribution in [0.3, 0.4) is 0 Å². The van der Waals surface area contributed by atoms with Crippen molar-refractivity contribution in [2.75, 3.05) is 20.1 Å². The Kier molecular flexibility index (Phi) is 15.1. The number of unbranched alkanes of at least 4 members (excludes halogenated alkanes) is 2. The van der Waals surface area contributed by atoms with E-state index in [1.807, 2.05) is 26.1 Å². The number of phenols is 1. The van der Waals surface area contributed by atoms with E-state index in [9.17, 15) is 19.8 Å². The summed E-state index contributed by atoms with van der Waals surface area (Å²) in [6.07, 6.45) is 11.3. The van der Waals surface area contributed by atoms with Crippen molar-refractivity contribution in [3.8, 4) is 5.75 Å². The molecule has 0 heterocycles. The predicted octanol–water partition coefficient (Wildman–Crippen LogP) is 3.63. The summed E-state index contributed by atoms with van der Waals surface area (Å²) in [6, 6.07) is 7.40. The van der Waals surface area contributed by atoms with Gasteiger partial charge in [-0.2, -0.15) is 0 Å². The van der Waals surface area contributed by atoms with Crippen molar-refractivity contribution in [2.24, 2.45) is 34.2 Å². The molecule has 196 valence electrons. The summed E-state index contributed by atoms with van der Waals surface area (Å²) in [5.41, 5.74) is 12.8. The number of benzene rings is 1. The van der Waals surface area contributed by atoms with E-state index in [1.165, 1.54) is 11.6 Å². The Balaban J connectivity index is 2.77. The van der Waals surface area contributed by atoms with Crippen LogP contribution in [0.25, 0.3) is 0 Å². The standard InChI is InChI=1S/C27H44N4O4/c1-20(19-32)7-4-3-5-8-21(15-22-11-13-25(33)14-12-22)9-6-10-23(17-30-2)24(16-26(34)35)18-31-27(28)29/h11-14,16,19-21,23,30,33H,3-10,15,17-18H2,1-2H3,(H,34,35)(H4,28,29,31)/b24-16+/t20-,21+,23-/m1/s1. The van der Waals surface area contributed by atoms with Gasteiger partial charge < -0.3 is 31.8 Å². The first-order valence-electron chi connectivity index (χ1n) is 12.6. The van der Waals surface area contributed by atoms with Crippen molar-refractivity contribution in [1.82, 2.24) is 5.32 Å². The zero-order valence-electron chi connectivity index (χ0n) is 21.3. The Bertz CT molecular complexity index is 804. The molecule has 0 unspecified atom stereocenters. The van der Waals surface area contributed by atoms with Crippen molar-refractivity contribution in [3.63, 3.8) is 0 Å². The number of phenolic OH excluding ortho intramolecular Hbond substituents is 1. The van der Waals surface area contributed by atoms with E-state index < -0.39 is 5.97 Å². The maximum Gasteiger partial charge on any atom is 0.328 e. The summed E-state index contributed by atoms with van der Waals surface area (Å²) in [5.74, 6) is -0.148. The Morgan fingerprint density at radius 3 is 2.31 bits per heavy atom. The zero-order chi connectivity index (χ0) is 26.1. The van der Waals surface area contributed by atoms with Gasteiger partial charge in [-0.05, 0) is 61.4 Å². The van der Waals surface area contributed by atoms with Gasteiger partial charge in [0.05, 0.1) is 6.54 Å². The van der Waals surface area contributed by atoms with E-state index >= 15 is 0 Å². The van der Waals surface area contributed by atoms with Crippen molar-refractivity contribution in [3.05, 3.63) is 41.5 Å². The first-order chi connectivity index (χ1) is 16.7. The molecule has 35 heavy (non-hydrogen) atoms. The second kappa shape index (κ2) is 17.5. The molecule has 3 atom stereocenters. The smallest absolute Gasteiger partial charge is 0.328 e. The third-order valence-corrected chi connectivity index (χ3v) is 6.36. The molecule has 0 aliphatic carbocycles. The highest BCUT2D eigenvalue weighted by Gasteiger charge is 2.17. The summed E-state index contributed by atoms with van der Waals surface area (Å²) < 4.78 is 0. The lowest BCUT2D eigenvalue weighted by Gasteiger charge is -2.22. The Hall–Kier alpha value is -2.87. The molecule has 8 heteroatoms. The number of nitrogens with one attached hydrogen (secondary N) is 1. The highest BCUT2D eigenvalue weighted by molar-refractivity contribution is 5.81. The molecule has 0 saturated carbocycles. The fourth-order valence-electron chi connectivity index (χ4n) is 4.41. The maximum absolute atomic E-state index is 11.4. The number of guanidine groups is 1. The molecule has 0 aliphatic heterocycles. The highest BCUT2D eigenvalue weighted by atomic mass is 16.4.